The van der Waals surface area contributed by atoms with Crippen molar-refractivity contribution in [3.63, 3.8) is 0 Å². The molecule has 0 aliphatic carbocycles. The van der Waals surface area contributed by atoms with Gasteiger partial charge in [-0.3, -0.25) is 19.8 Å². The molecule has 11 nitrogen and oxygen atoms in total. The fraction of sp³-hybridized carbons (Fsp3) is 0.400. The molecule has 2 aliphatic rings. The zero-order valence-electron chi connectivity index (χ0n) is 20.8. The highest BCUT2D eigenvalue weighted by Gasteiger charge is 2.34. The van der Waals surface area contributed by atoms with Crippen LogP contribution >= 0.6 is 0 Å². The number of ether oxygens (including phenoxy) is 3. The highest BCUT2D eigenvalue weighted by molar-refractivity contribution is 5.90. The van der Waals surface area contributed by atoms with Gasteiger partial charge in [0.1, 0.15) is 23.4 Å². The number of likely N-dealkylation sites (N-methyl/N-ethyl adjacent to an activating group) is 1. The van der Waals surface area contributed by atoms with Crippen LogP contribution in [-0.2, 0) is 31.9 Å². The first-order chi connectivity index (χ1) is 16.9. The zero-order chi connectivity index (χ0) is 26.6. The van der Waals surface area contributed by atoms with E-state index in [0.717, 1.165) is 0 Å². The third-order valence-electron chi connectivity index (χ3n) is 5.49. The van der Waals surface area contributed by atoms with Crippen LogP contribution in [0.3, 0.4) is 0 Å². The lowest BCUT2D eigenvalue weighted by Gasteiger charge is -2.31. The van der Waals surface area contributed by atoms with Crippen molar-refractivity contribution < 1.29 is 33.5 Å². The second kappa shape index (κ2) is 10.6. The zero-order valence-corrected chi connectivity index (χ0v) is 20.8. The number of hydrogen-bond donors (Lipinski definition) is 1. The van der Waals surface area contributed by atoms with Crippen LogP contribution in [0.25, 0.3) is 0 Å². The number of nitro benzene ring substituents is 1. The Hall–Kier alpha value is -4.15. The highest BCUT2D eigenvalue weighted by atomic mass is 16.6. The van der Waals surface area contributed by atoms with Crippen LogP contribution in [0, 0.1) is 10.1 Å². The van der Waals surface area contributed by atoms with Gasteiger partial charge in [-0.25, -0.2) is 9.59 Å². The number of carbonyl (C=O) groups is 3. The van der Waals surface area contributed by atoms with E-state index in [4.69, 9.17) is 14.2 Å². The van der Waals surface area contributed by atoms with Gasteiger partial charge < -0.3 is 19.5 Å². The van der Waals surface area contributed by atoms with E-state index in [1.807, 2.05) is 0 Å². The third kappa shape index (κ3) is 6.49. The van der Waals surface area contributed by atoms with E-state index in [2.05, 4.69) is 5.32 Å². The summed E-state index contributed by atoms with van der Waals surface area (Å²) in [5.74, 6) is -0.946. The number of benzene rings is 2. The third-order valence-corrected chi connectivity index (χ3v) is 5.49. The van der Waals surface area contributed by atoms with Crippen molar-refractivity contribution in [2.45, 2.75) is 51.3 Å². The molecule has 0 unspecified atom stereocenters. The molecule has 192 valence electrons. The Morgan fingerprint density at radius 1 is 1.11 bits per heavy atom. The summed E-state index contributed by atoms with van der Waals surface area (Å²) in [5, 5.41) is 14.2. The number of esters is 1. The maximum atomic E-state index is 13.4. The number of amides is 2. The molecular weight excluding hydrogens is 470 g/mol. The van der Waals surface area contributed by atoms with Crippen LogP contribution in [0.1, 0.15) is 31.9 Å². The maximum Gasteiger partial charge on any atom is 0.410 e. The molecular formula is C25H29N3O8. The molecule has 2 amide bonds. The van der Waals surface area contributed by atoms with Crippen molar-refractivity contribution in [3.8, 4) is 11.5 Å². The molecule has 0 fully saturated rings. The Balaban J connectivity index is 2.05. The standard InChI is InChI=1S/C25H29N3O8/c1-25(2,3)36-24(31)27(4)20-13-15-6-9-17(10-7-15)35-21-14-16(8-11-19(21)28(32)33)12-18(23(30)34-5)26-22(20)29/h6-11,14,18,20H,12-13H2,1-5H3,(H,26,29)/t18-,20-/m1/s1. The smallest absolute Gasteiger partial charge is 0.410 e. The fourth-order valence-corrected chi connectivity index (χ4v) is 3.67. The lowest BCUT2D eigenvalue weighted by Crippen LogP contribution is -2.54. The summed E-state index contributed by atoms with van der Waals surface area (Å²) in [7, 11) is 2.64. The van der Waals surface area contributed by atoms with Gasteiger partial charge in [0.05, 0.1) is 12.0 Å². The lowest BCUT2D eigenvalue weighted by molar-refractivity contribution is -0.385. The topological polar surface area (TPSA) is 137 Å². The maximum absolute atomic E-state index is 13.4. The second-order valence-corrected chi connectivity index (χ2v) is 9.40. The lowest BCUT2D eigenvalue weighted by atomic mass is 10.0. The van der Waals surface area contributed by atoms with E-state index in [1.165, 1.54) is 37.3 Å². The number of methoxy groups -OCH3 is 1. The Morgan fingerprint density at radius 2 is 1.75 bits per heavy atom. The average Bonchev–Trinajstić information content (AvgIpc) is 2.80. The predicted molar refractivity (Wildman–Crippen MR) is 129 cm³/mol. The summed E-state index contributed by atoms with van der Waals surface area (Å²) >= 11 is 0. The number of carbonyl (C=O) groups excluding carboxylic acids is 3. The van der Waals surface area contributed by atoms with Gasteiger partial charge in [-0.2, -0.15) is 0 Å². The van der Waals surface area contributed by atoms with Gasteiger partial charge >= 0.3 is 17.7 Å². The van der Waals surface area contributed by atoms with Crippen LogP contribution in [0.15, 0.2) is 42.5 Å². The minimum absolute atomic E-state index is 0.000197. The summed E-state index contributed by atoms with van der Waals surface area (Å²) in [5.41, 5.74) is 0.169. The normalized spacial score (nSPS) is 17.8. The van der Waals surface area contributed by atoms with E-state index in [9.17, 15) is 24.5 Å². The molecule has 0 spiro atoms. The Bertz CT molecular complexity index is 1160. The minimum atomic E-state index is -1.12. The first-order valence-electron chi connectivity index (χ1n) is 11.3. The molecule has 0 saturated heterocycles. The molecule has 2 aliphatic heterocycles. The second-order valence-electron chi connectivity index (χ2n) is 9.40. The molecule has 2 aromatic carbocycles. The van der Waals surface area contributed by atoms with Gasteiger partial charge in [0.15, 0.2) is 0 Å². The number of nitro groups is 1. The van der Waals surface area contributed by atoms with Crippen molar-refractivity contribution >= 4 is 23.7 Å². The number of nitrogens with one attached hydrogen (secondary N) is 1. The summed E-state index contributed by atoms with van der Waals surface area (Å²) in [6.45, 7) is 5.16. The first-order valence-corrected chi connectivity index (χ1v) is 11.3. The molecule has 36 heavy (non-hydrogen) atoms. The summed E-state index contributed by atoms with van der Waals surface area (Å²) in [4.78, 5) is 50.9. The quantitative estimate of drug-likeness (QED) is 0.385. The molecule has 4 bridgehead atoms. The van der Waals surface area contributed by atoms with Gasteiger partial charge in [-0.1, -0.05) is 18.2 Å². The van der Waals surface area contributed by atoms with Crippen molar-refractivity contribution in [3.05, 3.63) is 63.7 Å². The van der Waals surface area contributed by atoms with Gasteiger partial charge in [0, 0.05) is 26.0 Å². The molecule has 0 aromatic heterocycles. The molecule has 4 rings (SSSR count). The monoisotopic (exact) mass is 499 g/mol. The predicted octanol–water partition coefficient (Wildman–Crippen LogP) is 3.38. The van der Waals surface area contributed by atoms with Crippen LogP contribution in [0.2, 0.25) is 0 Å². The van der Waals surface area contributed by atoms with Crippen LogP contribution in [-0.4, -0.2) is 59.6 Å². The first kappa shape index (κ1) is 26.5. The number of nitrogens with zero attached hydrogens (tertiary/aromatic N) is 2. The largest absolute Gasteiger partial charge is 0.467 e. The van der Waals surface area contributed by atoms with Crippen molar-refractivity contribution in [1.29, 1.82) is 0 Å². The Morgan fingerprint density at radius 3 is 2.33 bits per heavy atom. The molecule has 11 heteroatoms. The summed E-state index contributed by atoms with van der Waals surface area (Å²) in [6.07, 6.45) is -0.604. The number of fused-ring (bicyclic) bond motifs is 7. The Kier molecular flexibility index (Phi) is 7.81. The van der Waals surface area contributed by atoms with E-state index in [1.54, 1.807) is 45.0 Å². The molecule has 0 saturated carbocycles. The van der Waals surface area contributed by atoms with Gasteiger partial charge in [-0.15, -0.1) is 0 Å². The summed E-state index contributed by atoms with van der Waals surface area (Å²) < 4.78 is 16.1. The van der Waals surface area contributed by atoms with Crippen molar-refractivity contribution in [1.82, 2.24) is 10.2 Å². The van der Waals surface area contributed by atoms with E-state index in [0.29, 0.717) is 16.9 Å². The number of rotatable bonds is 3. The number of hydrogen-bond acceptors (Lipinski definition) is 8. The van der Waals surface area contributed by atoms with Crippen LogP contribution < -0.4 is 10.1 Å². The van der Waals surface area contributed by atoms with Crippen LogP contribution in [0.4, 0.5) is 10.5 Å². The molecule has 2 heterocycles. The van der Waals surface area contributed by atoms with Gasteiger partial charge in [-0.05, 0) is 50.1 Å². The van der Waals surface area contributed by atoms with Gasteiger partial charge in [0.25, 0.3) is 0 Å². The van der Waals surface area contributed by atoms with E-state index >= 15 is 0 Å². The SMILES string of the molecule is COC(=O)[C@H]1Cc2ccc([N+](=O)[O-])c(c2)Oc2ccc(cc2)C[C@@H](N(C)C(=O)OC(C)(C)C)C(=O)N1. The minimum Gasteiger partial charge on any atom is -0.467 e. The van der Waals surface area contributed by atoms with E-state index < -0.39 is 40.6 Å². The molecule has 2 aromatic rings. The summed E-state index contributed by atoms with van der Waals surface area (Å²) in [6, 6.07) is 8.71. The average molecular weight is 500 g/mol. The fourth-order valence-electron chi connectivity index (χ4n) is 3.67. The molecule has 0 radical (unpaired) electrons. The highest BCUT2D eigenvalue weighted by Crippen LogP contribution is 2.33. The van der Waals surface area contributed by atoms with Crippen molar-refractivity contribution in [2.24, 2.45) is 0 Å². The van der Waals surface area contributed by atoms with Crippen LogP contribution in [0.5, 0.6) is 11.5 Å². The van der Waals surface area contributed by atoms with E-state index in [-0.39, 0.29) is 24.3 Å². The molecule has 1 N–H and O–H groups in total. The van der Waals surface area contributed by atoms with Crippen molar-refractivity contribution in [2.75, 3.05) is 14.2 Å². The Labute approximate surface area is 208 Å². The molecule has 2 atom stereocenters. The van der Waals surface area contributed by atoms with Gasteiger partial charge in [0.2, 0.25) is 11.7 Å².